The molecule has 19 heavy (non-hydrogen) atoms. The second kappa shape index (κ2) is 6.45. The summed E-state index contributed by atoms with van der Waals surface area (Å²) < 4.78 is 13.2. The molecule has 0 radical (unpaired) electrons. The number of hydrazine groups is 1. The van der Waals surface area contributed by atoms with E-state index in [4.69, 9.17) is 5.84 Å². The van der Waals surface area contributed by atoms with Crippen molar-refractivity contribution >= 4 is 0 Å². The number of halogens is 1. The van der Waals surface area contributed by atoms with Crippen molar-refractivity contribution in [2.45, 2.75) is 25.8 Å². The van der Waals surface area contributed by atoms with Gasteiger partial charge >= 0.3 is 0 Å². The van der Waals surface area contributed by atoms with E-state index in [0.29, 0.717) is 6.42 Å². The molecule has 2 rings (SSSR count). The molecule has 0 aliphatic carbocycles. The molecule has 0 fully saturated rings. The predicted molar refractivity (Wildman–Crippen MR) is 76.1 cm³/mol. The molecule has 0 saturated carbocycles. The van der Waals surface area contributed by atoms with E-state index in [1.807, 2.05) is 18.2 Å². The third-order valence-electron chi connectivity index (χ3n) is 3.33. The second-order valence-corrected chi connectivity index (χ2v) is 4.83. The van der Waals surface area contributed by atoms with Crippen molar-refractivity contribution in [1.29, 1.82) is 0 Å². The Morgan fingerprint density at radius 2 is 1.89 bits per heavy atom. The Balaban J connectivity index is 2.07. The van der Waals surface area contributed by atoms with Gasteiger partial charge in [-0.05, 0) is 48.6 Å². The summed E-state index contributed by atoms with van der Waals surface area (Å²) in [7, 11) is 0. The molecule has 3 N–H and O–H groups in total. The third kappa shape index (κ3) is 3.88. The van der Waals surface area contributed by atoms with Gasteiger partial charge in [-0.2, -0.15) is 0 Å². The van der Waals surface area contributed by atoms with Crippen LogP contribution in [0.1, 0.15) is 16.7 Å². The van der Waals surface area contributed by atoms with E-state index in [2.05, 4.69) is 24.5 Å². The summed E-state index contributed by atoms with van der Waals surface area (Å²) in [4.78, 5) is 0. The fourth-order valence-corrected chi connectivity index (χ4v) is 2.24. The highest BCUT2D eigenvalue weighted by Crippen LogP contribution is 2.13. The maximum atomic E-state index is 13.2. The SMILES string of the molecule is Cc1ccccc1CC(Cc1cccc(F)c1)NN. The van der Waals surface area contributed by atoms with E-state index < -0.39 is 0 Å². The van der Waals surface area contributed by atoms with Crippen molar-refractivity contribution in [3.05, 3.63) is 71.0 Å². The molecule has 0 spiro atoms. The van der Waals surface area contributed by atoms with Crippen molar-refractivity contribution in [3.8, 4) is 0 Å². The first-order valence-corrected chi connectivity index (χ1v) is 6.44. The molecule has 0 aliphatic heterocycles. The van der Waals surface area contributed by atoms with E-state index >= 15 is 0 Å². The molecule has 2 aromatic rings. The zero-order valence-corrected chi connectivity index (χ0v) is 11.1. The number of hydrogen-bond donors (Lipinski definition) is 2. The topological polar surface area (TPSA) is 38.0 Å². The van der Waals surface area contributed by atoms with E-state index in [9.17, 15) is 4.39 Å². The molecule has 100 valence electrons. The van der Waals surface area contributed by atoms with E-state index in [1.54, 1.807) is 12.1 Å². The van der Waals surface area contributed by atoms with Crippen LogP contribution in [-0.2, 0) is 12.8 Å². The van der Waals surface area contributed by atoms with Crippen LogP contribution < -0.4 is 11.3 Å². The minimum Gasteiger partial charge on any atom is -0.271 e. The number of aryl methyl sites for hydroxylation is 1. The van der Waals surface area contributed by atoms with Crippen molar-refractivity contribution in [3.63, 3.8) is 0 Å². The Morgan fingerprint density at radius 3 is 2.58 bits per heavy atom. The normalized spacial score (nSPS) is 12.4. The van der Waals surface area contributed by atoms with Gasteiger partial charge in [0.1, 0.15) is 5.82 Å². The van der Waals surface area contributed by atoms with Gasteiger partial charge in [0, 0.05) is 6.04 Å². The van der Waals surface area contributed by atoms with Gasteiger partial charge in [0.2, 0.25) is 0 Å². The number of rotatable bonds is 5. The molecule has 2 nitrogen and oxygen atoms in total. The van der Waals surface area contributed by atoms with Crippen LogP contribution in [0, 0.1) is 12.7 Å². The van der Waals surface area contributed by atoms with Crippen LogP contribution in [-0.4, -0.2) is 6.04 Å². The van der Waals surface area contributed by atoms with Crippen LogP contribution >= 0.6 is 0 Å². The van der Waals surface area contributed by atoms with Gasteiger partial charge in [-0.1, -0.05) is 36.4 Å². The molecule has 0 heterocycles. The van der Waals surface area contributed by atoms with Crippen LogP contribution in [0.4, 0.5) is 4.39 Å². The fraction of sp³-hybridized carbons (Fsp3) is 0.250. The van der Waals surface area contributed by atoms with Crippen molar-refractivity contribution in [2.75, 3.05) is 0 Å². The van der Waals surface area contributed by atoms with Crippen LogP contribution in [0.5, 0.6) is 0 Å². The first kappa shape index (κ1) is 13.7. The summed E-state index contributed by atoms with van der Waals surface area (Å²) in [6.45, 7) is 2.09. The van der Waals surface area contributed by atoms with Gasteiger partial charge in [-0.15, -0.1) is 0 Å². The smallest absolute Gasteiger partial charge is 0.123 e. The van der Waals surface area contributed by atoms with Gasteiger partial charge in [0.25, 0.3) is 0 Å². The Hall–Kier alpha value is -1.71. The Labute approximate surface area is 113 Å². The van der Waals surface area contributed by atoms with Crippen LogP contribution in [0.25, 0.3) is 0 Å². The van der Waals surface area contributed by atoms with Gasteiger partial charge < -0.3 is 0 Å². The highest BCUT2D eigenvalue weighted by atomic mass is 19.1. The largest absolute Gasteiger partial charge is 0.271 e. The molecule has 0 amide bonds. The molecule has 1 unspecified atom stereocenters. The number of nitrogens with one attached hydrogen (secondary N) is 1. The summed E-state index contributed by atoms with van der Waals surface area (Å²) in [6, 6.07) is 15.0. The van der Waals surface area contributed by atoms with Crippen molar-refractivity contribution < 1.29 is 4.39 Å². The standard InChI is InChI=1S/C16H19FN2/c1-12-5-2-3-7-14(12)11-16(19-18)10-13-6-4-8-15(17)9-13/h2-9,16,19H,10-11,18H2,1H3. The molecule has 2 aromatic carbocycles. The molecule has 0 saturated heterocycles. The van der Waals surface area contributed by atoms with Gasteiger partial charge in [-0.3, -0.25) is 11.3 Å². The van der Waals surface area contributed by atoms with Crippen LogP contribution in [0.2, 0.25) is 0 Å². The molecular weight excluding hydrogens is 239 g/mol. The highest BCUT2D eigenvalue weighted by molar-refractivity contribution is 5.27. The number of nitrogens with two attached hydrogens (primary N) is 1. The minimum atomic E-state index is -0.204. The molecule has 3 heteroatoms. The summed E-state index contributed by atoms with van der Waals surface area (Å²) in [5, 5.41) is 0. The maximum absolute atomic E-state index is 13.2. The molecule has 1 atom stereocenters. The summed E-state index contributed by atoms with van der Waals surface area (Å²) in [5.41, 5.74) is 6.30. The third-order valence-corrected chi connectivity index (χ3v) is 3.33. The first-order valence-electron chi connectivity index (χ1n) is 6.44. The summed E-state index contributed by atoms with van der Waals surface area (Å²) in [6.07, 6.45) is 1.54. The first-order chi connectivity index (χ1) is 9.19. The second-order valence-electron chi connectivity index (χ2n) is 4.83. The van der Waals surface area contributed by atoms with Crippen molar-refractivity contribution in [2.24, 2.45) is 5.84 Å². The van der Waals surface area contributed by atoms with Gasteiger partial charge in [-0.25, -0.2) is 4.39 Å². The molecule has 0 aromatic heterocycles. The van der Waals surface area contributed by atoms with Crippen LogP contribution in [0.3, 0.4) is 0 Å². The van der Waals surface area contributed by atoms with E-state index in [1.165, 1.54) is 17.2 Å². The quantitative estimate of drug-likeness (QED) is 0.639. The zero-order valence-electron chi connectivity index (χ0n) is 11.1. The average molecular weight is 258 g/mol. The van der Waals surface area contributed by atoms with E-state index in [0.717, 1.165) is 12.0 Å². The number of benzene rings is 2. The van der Waals surface area contributed by atoms with Gasteiger partial charge in [0.05, 0.1) is 0 Å². The van der Waals surface area contributed by atoms with Gasteiger partial charge in [0.15, 0.2) is 0 Å². The lowest BCUT2D eigenvalue weighted by atomic mass is 9.97. The highest BCUT2D eigenvalue weighted by Gasteiger charge is 2.10. The van der Waals surface area contributed by atoms with Crippen molar-refractivity contribution in [1.82, 2.24) is 5.43 Å². The Bertz CT molecular complexity index is 540. The minimum absolute atomic E-state index is 0.0999. The van der Waals surface area contributed by atoms with Crippen LogP contribution in [0.15, 0.2) is 48.5 Å². The average Bonchev–Trinajstić information content (AvgIpc) is 2.40. The number of hydrogen-bond acceptors (Lipinski definition) is 2. The molecule has 0 aliphatic rings. The maximum Gasteiger partial charge on any atom is 0.123 e. The lowest BCUT2D eigenvalue weighted by Crippen LogP contribution is -2.38. The zero-order chi connectivity index (χ0) is 13.7. The monoisotopic (exact) mass is 258 g/mol. The Kier molecular flexibility index (Phi) is 4.66. The Morgan fingerprint density at radius 1 is 1.11 bits per heavy atom. The summed E-state index contributed by atoms with van der Waals surface area (Å²) >= 11 is 0. The molecular formula is C16H19FN2. The lowest BCUT2D eigenvalue weighted by Gasteiger charge is -2.17. The fourth-order valence-electron chi connectivity index (χ4n) is 2.24. The predicted octanol–water partition coefficient (Wildman–Crippen LogP) is 2.75. The summed E-state index contributed by atoms with van der Waals surface area (Å²) in [5.74, 6) is 5.41. The van der Waals surface area contributed by atoms with E-state index in [-0.39, 0.29) is 11.9 Å². The lowest BCUT2D eigenvalue weighted by molar-refractivity contribution is 0.519. The molecule has 0 bridgehead atoms.